The van der Waals surface area contributed by atoms with E-state index in [4.69, 9.17) is 9.97 Å². The molecule has 0 fully saturated rings. The Morgan fingerprint density at radius 2 is 1.11 bits per heavy atom. The normalized spacial score (nSPS) is 13.3. The van der Waals surface area contributed by atoms with Crippen LogP contribution in [0.5, 0.6) is 0 Å². The van der Waals surface area contributed by atoms with Crippen LogP contribution >= 0.6 is 0 Å². The van der Waals surface area contributed by atoms with Crippen molar-refractivity contribution >= 4 is 78.9 Å². The van der Waals surface area contributed by atoms with Gasteiger partial charge in [-0.05, 0) is 87.0 Å². The van der Waals surface area contributed by atoms with Crippen molar-refractivity contribution in [2.45, 2.75) is 19.3 Å². The largest absolute Gasteiger partial charge is 0.327 e. The van der Waals surface area contributed by atoms with Gasteiger partial charge in [0.05, 0.1) is 27.8 Å². The second-order valence-corrected chi connectivity index (χ2v) is 21.3. The minimum Gasteiger partial charge on any atom is -0.327 e. The first-order valence-corrected chi connectivity index (χ1v) is 24.1. The number of hydrogen-bond donors (Lipinski definition) is 0. The predicted octanol–water partition coefficient (Wildman–Crippen LogP) is 11.2. The fourth-order valence-corrected chi connectivity index (χ4v) is 15.7. The Bertz CT molecular complexity index is 3510. The molecule has 3 aromatic heterocycles. The summed E-state index contributed by atoms with van der Waals surface area (Å²) in [7, 11) is -0.907. The highest BCUT2D eigenvalue weighted by atomic mass is 28.3. The Hall–Kier alpha value is -7.80. The number of aromatic nitrogens is 4. The van der Waals surface area contributed by atoms with E-state index in [0.717, 1.165) is 45.3 Å². The van der Waals surface area contributed by atoms with Crippen LogP contribution in [0.1, 0.15) is 25.0 Å². The van der Waals surface area contributed by atoms with E-state index in [1.54, 1.807) is 0 Å². The van der Waals surface area contributed by atoms with Crippen LogP contribution in [0, 0.1) is 0 Å². The molecular weight excluding hydrogens is 795 g/mol. The van der Waals surface area contributed by atoms with Crippen LogP contribution in [0.25, 0.3) is 49.9 Å². The van der Waals surface area contributed by atoms with Crippen molar-refractivity contribution in [2.75, 3.05) is 4.90 Å². The molecule has 0 atom stereocenters. The molecule has 0 saturated carbocycles. The lowest BCUT2D eigenvalue weighted by atomic mass is 9.73. The van der Waals surface area contributed by atoms with Crippen LogP contribution in [0.4, 0.5) is 17.2 Å². The van der Waals surface area contributed by atoms with E-state index in [-0.39, 0.29) is 5.41 Å². The van der Waals surface area contributed by atoms with Crippen LogP contribution in [-0.4, -0.2) is 27.2 Å². The van der Waals surface area contributed by atoms with Crippen molar-refractivity contribution in [3.8, 4) is 17.1 Å². The molecule has 5 nitrogen and oxygen atoms in total. The molecular formula is C58H45N5Si. The maximum atomic E-state index is 5.23. The average molecular weight is 840 g/mol. The van der Waals surface area contributed by atoms with Crippen LogP contribution in [0.2, 0.25) is 0 Å². The average Bonchev–Trinajstić information content (AvgIpc) is 3.87. The molecule has 0 radical (unpaired) electrons. The van der Waals surface area contributed by atoms with Gasteiger partial charge in [-0.2, -0.15) is 0 Å². The van der Waals surface area contributed by atoms with E-state index in [1.165, 1.54) is 53.7 Å². The van der Waals surface area contributed by atoms with E-state index >= 15 is 0 Å². The van der Waals surface area contributed by atoms with Crippen molar-refractivity contribution in [1.82, 2.24) is 19.1 Å². The summed E-state index contributed by atoms with van der Waals surface area (Å²) in [6.45, 7) is 4.74. The molecule has 6 heteroatoms. The van der Waals surface area contributed by atoms with E-state index in [9.17, 15) is 0 Å². The third-order valence-electron chi connectivity index (χ3n) is 13.7. The molecule has 0 bridgehead atoms. The van der Waals surface area contributed by atoms with Gasteiger partial charge in [0.15, 0.2) is 8.07 Å². The molecule has 64 heavy (non-hydrogen) atoms. The summed E-state index contributed by atoms with van der Waals surface area (Å²) in [4.78, 5) is 12.8. The zero-order chi connectivity index (χ0) is 43.0. The maximum absolute atomic E-state index is 5.23. The van der Waals surface area contributed by atoms with Gasteiger partial charge in [0.1, 0.15) is 11.6 Å². The van der Waals surface area contributed by atoms with Gasteiger partial charge in [-0.1, -0.05) is 166 Å². The van der Waals surface area contributed by atoms with E-state index < -0.39 is 8.07 Å². The first-order valence-electron chi connectivity index (χ1n) is 22.1. The van der Waals surface area contributed by atoms with Gasteiger partial charge in [0.2, 0.25) is 0 Å². The first-order chi connectivity index (χ1) is 31.4. The number of benzene rings is 8. The number of aryl methyl sites for hydroxylation is 1. The number of para-hydroxylation sites is 4. The third-order valence-corrected chi connectivity index (χ3v) is 18.4. The maximum Gasteiger partial charge on any atom is 0.179 e. The lowest BCUT2D eigenvalue weighted by Gasteiger charge is -2.42. The molecule has 1 aliphatic rings. The van der Waals surface area contributed by atoms with Crippen LogP contribution < -0.4 is 25.6 Å². The van der Waals surface area contributed by atoms with E-state index in [0.29, 0.717) is 0 Å². The molecule has 0 spiro atoms. The summed E-state index contributed by atoms with van der Waals surface area (Å²) in [6, 6.07) is 78.0. The molecule has 0 amide bonds. The molecule has 1 aliphatic heterocycles. The van der Waals surface area contributed by atoms with Crippen LogP contribution in [0.15, 0.2) is 219 Å². The Morgan fingerprint density at radius 1 is 0.500 bits per heavy atom. The fourth-order valence-electron chi connectivity index (χ4n) is 10.8. The molecule has 11 aromatic rings. The van der Waals surface area contributed by atoms with Crippen molar-refractivity contribution in [3.63, 3.8) is 0 Å². The van der Waals surface area contributed by atoms with Crippen LogP contribution in [-0.2, 0) is 12.5 Å². The Balaban J connectivity index is 1.13. The van der Waals surface area contributed by atoms with Crippen molar-refractivity contribution in [3.05, 3.63) is 230 Å². The van der Waals surface area contributed by atoms with E-state index in [1.807, 2.05) is 6.20 Å². The number of nitrogens with zero attached hydrogens (tertiary/aromatic N) is 5. The molecule has 4 heterocycles. The number of anilines is 3. The minimum absolute atomic E-state index is 0.360. The van der Waals surface area contributed by atoms with Gasteiger partial charge in [0, 0.05) is 51.9 Å². The summed E-state index contributed by atoms with van der Waals surface area (Å²) >= 11 is 0. The summed E-state index contributed by atoms with van der Waals surface area (Å²) < 4.78 is 4.64. The van der Waals surface area contributed by atoms with Gasteiger partial charge >= 0.3 is 0 Å². The molecule has 0 aliphatic carbocycles. The second kappa shape index (κ2) is 14.7. The summed E-state index contributed by atoms with van der Waals surface area (Å²) in [6.07, 6.45) is 1.94. The zero-order valence-electron chi connectivity index (χ0n) is 36.0. The molecule has 0 saturated heterocycles. The highest BCUT2D eigenvalue weighted by Gasteiger charge is 2.44. The fraction of sp³-hybridized carbons (Fsp3) is 0.0690. The van der Waals surface area contributed by atoms with E-state index in [2.05, 4.69) is 247 Å². The highest BCUT2D eigenvalue weighted by molar-refractivity contribution is 7.20. The number of fused-ring (bicyclic) bond motifs is 7. The topological polar surface area (TPSA) is 38.9 Å². The SMILES string of the molecule is Cn1c(-c2cccc([Si](c3ccccc3)(c3ccccc3)c3cccc(N4c5ccc6c(c5C(C)(C)c5cccnc54)c4ccccc4n6-c4ccccc4)c3)c2)nc2ccccc21. The molecule has 306 valence electrons. The van der Waals surface area contributed by atoms with Gasteiger partial charge in [-0.15, -0.1) is 0 Å². The van der Waals surface area contributed by atoms with Gasteiger partial charge in [-0.25, -0.2) is 9.97 Å². The summed E-state index contributed by atoms with van der Waals surface area (Å²) in [5.41, 5.74) is 11.1. The smallest absolute Gasteiger partial charge is 0.179 e. The third kappa shape index (κ3) is 5.55. The quantitative estimate of drug-likeness (QED) is 0.119. The van der Waals surface area contributed by atoms with Crippen molar-refractivity contribution in [1.29, 1.82) is 0 Å². The molecule has 12 rings (SSSR count). The van der Waals surface area contributed by atoms with Crippen molar-refractivity contribution < 1.29 is 0 Å². The second-order valence-electron chi connectivity index (χ2n) is 17.5. The van der Waals surface area contributed by atoms with Gasteiger partial charge in [-0.3, -0.25) is 4.90 Å². The van der Waals surface area contributed by atoms with Gasteiger partial charge < -0.3 is 9.13 Å². The predicted molar refractivity (Wildman–Crippen MR) is 269 cm³/mol. The molecule has 0 unspecified atom stereocenters. The molecule has 0 N–H and O–H groups in total. The summed E-state index contributed by atoms with van der Waals surface area (Å²) in [5, 5.41) is 7.72. The zero-order valence-corrected chi connectivity index (χ0v) is 37.0. The minimum atomic E-state index is -3.03. The number of pyridine rings is 1. The first kappa shape index (κ1) is 37.9. The van der Waals surface area contributed by atoms with Crippen LogP contribution in [0.3, 0.4) is 0 Å². The Kier molecular flexibility index (Phi) is 8.68. The number of imidazole rings is 1. The Morgan fingerprint density at radius 3 is 1.84 bits per heavy atom. The lowest BCUT2D eigenvalue weighted by Crippen LogP contribution is -2.74. The number of rotatable bonds is 7. The number of hydrogen-bond acceptors (Lipinski definition) is 3. The van der Waals surface area contributed by atoms with Crippen molar-refractivity contribution in [2.24, 2.45) is 7.05 Å². The lowest BCUT2D eigenvalue weighted by molar-refractivity contribution is 0.634. The highest BCUT2D eigenvalue weighted by Crippen LogP contribution is 2.54. The summed E-state index contributed by atoms with van der Waals surface area (Å²) in [5.74, 6) is 1.91. The monoisotopic (exact) mass is 839 g/mol. The Labute approximate surface area is 374 Å². The van der Waals surface area contributed by atoms with Gasteiger partial charge in [0.25, 0.3) is 0 Å². The standard InChI is InChI=1S/C58H45N5Si/c1-58(2)48-31-19-37-59-57(48)63(53-36-35-52-54(55(53)58)47-30-13-15-33-50(47)62(52)41-21-7-4-8-22-41)42-23-18-29-46(39-42)64(43-24-9-5-10-25-43,44-26-11-6-12-27-44)45-28-17-20-40(38-45)56-60-49-32-14-16-34-51(49)61(56)3/h4-39H,1-3H3. The molecule has 8 aromatic carbocycles.